The average molecular weight is 388 g/mol. The number of carbonyl (C=O) groups is 1. The van der Waals surface area contributed by atoms with Crippen molar-refractivity contribution in [3.05, 3.63) is 35.3 Å². The van der Waals surface area contributed by atoms with Crippen molar-refractivity contribution in [2.45, 2.75) is 54.0 Å². The van der Waals surface area contributed by atoms with E-state index in [0.29, 0.717) is 24.4 Å². The van der Waals surface area contributed by atoms with Crippen molar-refractivity contribution in [3.8, 4) is 0 Å². The number of carbonyl (C=O) groups excluding carboxylic acids is 1. The Balaban J connectivity index is 0.00000280. The van der Waals surface area contributed by atoms with E-state index in [4.69, 9.17) is 4.98 Å². The zero-order chi connectivity index (χ0) is 19.7. The van der Waals surface area contributed by atoms with E-state index >= 15 is 0 Å². The highest BCUT2D eigenvalue weighted by Crippen LogP contribution is 2.33. The van der Waals surface area contributed by atoms with Gasteiger partial charge in [0.05, 0.1) is 18.1 Å². The number of fused-ring (bicyclic) bond motifs is 1. The van der Waals surface area contributed by atoms with Gasteiger partial charge in [0.2, 0.25) is 5.91 Å². The number of likely N-dealkylation sites (N-methyl/N-ethyl adjacent to an activating group) is 1. The number of amides is 1. The summed E-state index contributed by atoms with van der Waals surface area (Å²) < 4.78 is 14.4. The van der Waals surface area contributed by atoms with Crippen molar-refractivity contribution in [3.63, 3.8) is 0 Å². The highest BCUT2D eigenvalue weighted by molar-refractivity contribution is 6.03. The quantitative estimate of drug-likeness (QED) is 0.847. The lowest BCUT2D eigenvalue weighted by molar-refractivity contribution is -0.118. The highest BCUT2D eigenvalue weighted by atomic mass is 19.1. The SMILES string of the molecule is C.C/C(F)=C\n1cc(CCc2nc(C)c3c(n2)N(C)[C@@H](C(C)C)C(=O)N3)cn1. The molecule has 2 aromatic heterocycles. The Morgan fingerprint density at radius 2 is 2.07 bits per heavy atom. The molecular weight excluding hydrogens is 359 g/mol. The number of hydrogen-bond acceptors (Lipinski definition) is 5. The second-order valence-electron chi connectivity index (χ2n) is 7.26. The number of hydrogen-bond donors (Lipinski definition) is 1. The van der Waals surface area contributed by atoms with Crippen LogP contribution in [0.3, 0.4) is 0 Å². The molecule has 3 rings (SSSR count). The van der Waals surface area contributed by atoms with Gasteiger partial charge in [-0.05, 0) is 31.7 Å². The third-order valence-corrected chi connectivity index (χ3v) is 4.62. The first-order valence-corrected chi connectivity index (χ1v) is 9.04. The van der Waals surface area contributed by atoms with E-state index in [9.17, 15) is 9.18 Å². The van der Waals surface area contributed by atoms with Crippen molar-refractivity contribution >= 4 is 23.6 Å². The second kappa shape index (κ2) is 8.50. The summed E-state index contributed by atoms with van der Waals surface area (Å²) >= 11 is 0. The fourth-order valence-corrected chi connectivity index (χ4v) is 3.40. The summed E-state index contributed by atoms with van der Waals surface area (Å²) in [5.41, 5.74) is 2.41. The third kappa shape index (κ3) is 4.37. The van der Waals surface area contributed by atoms with Gasteiger partial charge in [-0.15, -0.1) is 0 Å². The van der Waals surface area contributed by atoms with E-state index in [1.165, 1.54) is 17.8 Å². The van der Waals surface area contributed by atoms with Crippen LogP contribution >= 0.6 is 0 Å². The summed E-state index contributed by atoms with van der Waals surface area (Å²) in [5.74, 6) is 1.30. The molecule has 1 N–H and O–H groups in total. The van der Waals surface area contributed by atoms with Crippen molar-refractivity contribution in [2.24, 2.45) is 5.92 Å². The Morgan fingerprint density at radius 1 is 1.36 bits per heavy atom. The minimum absolute atomic E-state index is 0. The van der Waals surface area contributed by atoms with Crippen LogP contribution in [0.2, 0.25) is 0 Å². The van der Waals surface area contributed by atoms with E-state index in [0.717, 1.165) is 17.1 Å². The predicted octanol–water partition coefficient (Wildman–Crippen LogP) is 3.60. The van der Waals surface area contributed by atoms with Gasteiger partial charge < -0.3 is 10.2 Å². The Morgan fingerprint density at radius 3 is 2.71 bits per heavy atom. The maximum atomic E-state index is 13.0. The molecule has 2 aromatic rings. The zero-order valence-corrected chi connectivity index (χ0v) is 16.3. The molecule has 1 aliphatic heterocycles. The van der Waals surface area contributed by atoms with Gasteiger partial charge in [-0.3, -0.25) is 4.79 Å². The molecule has 0 aromatic carbocycles. The molecule has 0 radical (unpaired) electrons. The van der Waals surface area contributed by atoms with Gasteiger partial charge in [0.1, 0.15) is 23.4 Å². The molecule has 0 saturated heterocycles. The van der Waals surface area contributed by atoms with E-state index in [1.54, 1.807) is 12.4 Å². The van der Waals surface area contributed by atoms with Gasteiger partial charge in [0.15, 0.2) is 5.82 Å². The van der Waals surface area contributed by atoms with Crippen molar-refractivity contribution in [1.82, 2.24) is 19.7 Å². The van der Waals surface area contributed by atoms with Crippen LogP contribution < -0.4 is 10.2 Å². The highest BCUT2D eigenvalue weighted by Gasteiger charge is 2.35. The molecule has 8 heteroatoms. The lowest BCUT2D eigenvalue weighted by atomic mass is 9.99. The fourth-order valence-electron chi connectivity index (χ4n) is 3.40. The molecule has 3 heterocycles. The summed E-state index contributed by atoms with van der Waals surface area (Å²) in [6, 6.07) is -0.256. The first-order valence-electron chi connectivity index (χ1n) is 9.04. The molecule has 28 heavy (non-hydrogen) atoms. The summed E-state index contributed by atoms with van der Waals surface area (Å²) in [6.07, 6.45) is 6.15. The maximum Gasteiger partial charge on any atom is 0.247 e. The first-order chi connectivity index (χ1) is 12.8. The van der Waals surface area contributed by atoms with E-state index in [-0.39, 0.29) is 31.1 Å². The number of nitrogens with zero attached hydrogens (tertiary/aromatic N) is 5. The van der Waals surface area contributed by atoms with E-state index < -0.39 is 0 Å². The molecular formula is C20H29FN6O. The van der Waals surface area contributed by atoms with Crippen molar-refractivity contribution in [1.29, 1.82) is 0 Å². The van der Waals surface area contributed by atoms with Crippen LogP contribution in [0, 0.1) is 12.8 Å². The van der Waals surface area contributed by atoms with Crippen LogP contribution in [0.5, 0.6) is 0 Å². The molecule has 0 saturated carbocycles. The van der Waals surface area contributed by atoms with Gasteiger partial charge >= 0.3 is 0 Å². The number of allylic oxidation sites excluding steroid dienone is 1. The molecule has 152 valence electrons. The van der Waals surface area contributed by atoms with Crippen LogP contribution in [0.25, 0.3) is 6.20 Å². The lowest BCUT2D eigenvalue weighted by Crippen LogP contribution is -2.49. The van der Waals surface area contributed by atoms with Crippen LogP contribution in [0.1, 0.15) is 45.3 Å². The van der Waals surface area contributed by atoms with Gasteiger partial charge in [-0.2, -0.15) is 5.10 Å². The number of aromatic nitrogens is 4. The van der Waals surface area contributed by atoms with Crippen molar-refractivity contribution < 1.29 is 9.18 Å². The lowest BCUT2D eigenvalue weighted by Gasteiger charge is -2.36. The number of nitrogens with one attached hydrogen (secondary N) is 1. The number of rotatable bonds is 5. The van der Waals surface area contributed by atoms with Crippen LogP contribution in [-0.2, 0) is 17.6 Å². The molecule has 0 unspecified atom stereocenters. The second-order valence-corrected chi connectivity index (χ2v) is 7.26. The third-order valence-electron chi connectivity index (χ3n) is 4.62. The normalized spacial score (nSPS) is 16.7. The Bertz CT molecular complexity index is 885. The summed E-state index contributed by atoms with van der Waals surface area (Å²) in [7, 11) is 1.90. The molecule has 1 atom stereocenters. The smallest absolute Gasteiger partial charge is 0.247 e. The average Bonchev–Trinajstić information content (AvgIpc) is 3.00. The van der Waals surface area contributed by atoms with Gasteiger partial charge in [0, 0.05) is 19.7 Å². The topological polar surface area (TPSA) is 75.9 Å². The van der Waals surface area contributed by atoms with Gasteiger partial charge in [-0.25, -0.2) is 19.0 Å². The van der Waals surface area contributed by atoms with E-state index in [2.05, 4.69) is 15.4 Å². The Hall–Kier alpha value is -2.77. The maximum absolute atomic E-state index is 13.0. The number of aryl methyl sites for hydroxylation is 3. The standard InChI is InChI=1S/C19H25FN6O.CH4/c1-11(2)17-19(27)24-16-13(4)22-15(23-18(16)25(17)5)7-6-14-8-21-26(10-14)9-12(3)20;/h8-11,17H,6-7H2,1-5H3,(H,24,27);1H4/b12-9+;/t17-;/m0./s1. The van der Waals surface area contributed by atoms with Crippen molar-refractivity contribution in [2.75, 3.05) is 17.3 Å². The predicted molar refractivity (Wildman–Crippen MR) is 110 cm³/mol. The summed E-state index contributed by atoms with van der Waals surface area (Å²) in [6.45, 7) is 7.29. The van der Waals surface area contributed by atoms with Gasteiger partial charge in [0.25, 0.3) is 0 Å². The fraction of sp³-hybridized carbons (Fsp3) is 0.500. The zero-order valence-electron chi connectivity index (χ0n) is 16.3. The Labute approximate surface area is 165 Å². The van der Waals surface area contributed by atoms with Crippen LogP contribution in [-0.4, -0.2) is 38.7 Å². The summed E-state index contributed by atoms with van der Waals surface area (Å²) in [5, 5.41) is 7.06. The molecule has 1 amide bonds. The minimum atomic E-state index is -0.303. The number of anilines is 2. The molecule has 0 bridgehead atoms. The molecule has 1 aliphatic rings. The molecule has 0 spiro atoms. The minimum Gasteiger partial charge on any atom is -0.346 e. The molecule has 7 nitrogen and oxygen atoms in total. The summed E-state index contributed by atoms with van der Waals surface area (Å²) in [4.78, 5) is 23.6. The largest absolute Gasteiger partial charge is 0.346 e. The monoisotopic (exact) mass is 388 g/mol. The molecule has 0 aliphatic carbocycles. The Kier molecular flexibility index (Phi) is 6.53. The van der Waals surface area contributed by atoms with Crippen LogP contribution in [0.15, 0.2) is 18.2 Å². The van der Waals surface area contributed by atoms with Crippen LogP contribution in [0.4, 0.5) is 15.9 Å². The molecule has 0 fully saturated rings. The first kappa shape index (κ1) is 21.5. The number of halogens is 1. The van der Waals surface area contributed by atoms with E-state index in [1.807, 2.05) is 32.7 Å². The van der Waals surface area contributed by atoms with Gasteiger partial charge in [-0.1, -0.05) is 21.3 Å².